The van der Waals surface area contributed by atoms with Crippen LogP contribution in [0.2, 0.25) is 0 Å². The number of rotatable bonds is 9. The van der Waals surface area contributed by atoms with Crippen molar-refractivity contribution >= 4 is 0 Å². The zero-order chi connectivity index (χ0) is 15.8. The molecular formula is C18H39N3. The number of likely N-dealkylation sites (N-methyl/N-ethyl adjacent to an activating group) is 2. The molecule has 0 aliphatic heterocycles. The van der Waals surface area contributed by atoms with E-state index in [0.717, 1.165) is 24.4 Å². The quantitative estimate of drug-likeness (QED) is 0.705. The van der Waals surface area contributed by atoms with Crippen LogP contribution in [0.3, 0.4) is 0 Å². The van der Waals surface area contributed by atoms with E-state index in [9.17, 15) is 0 Å². The van der Waals surface area contributed by atoms with Gasteiger partial charge in [0.25, 0.3) is 0 Å². The molecule has 0 aromatic heterocycles. The van der Waals surface area contributed by atoms with Crippen LogP contribution in [0, 0.1) is 11.8 Å². The van der Waals surface area contributed by atoms with Crippen molar-refractivity contribution in [2.24, 2.45) is 11.8 Å². The van der Waals surface area contributed by atoms with Crippen molar-refractivity contribution in [3.63, 3.8) is 0 Å². The molecule has 0 amide bonds. The highest BCUT2D eigenvalue weighted by molar-refractivity contribution is 4.91. The Kier molecular flexibility index (Phi) is 8.84. The number of hydrogen-bond donors (Lipinski definition) is 1. The van der Waals surface area contributed by atoms with Crippen LogP contribution >= 0.6 is 0 Å². The molecule has 3 nitrogen and oxygen atoms in total. The minimum absolute atomic E-state index is 0.693. The summed E-state index contributed by atoms with van der Waals surface area (Å²) in [7, 11) is 4.37. The second-order valence-corrected chi connectivity index (χ2v) is 7.51. The average Bonchev–Trinajstić information content (AvgIpc) is 2.43. The standard InChI is InChI=1S/C18H39N3/c1-7-16-9-10-17(19-8-2)18(13-16)21(14-15(3)4)12-11-20(5)6/h15-19H,7-14H2,1-6H3. The lowest BCUT2D eigenvalue weighted by molar-refractivity contribution is 0.0797. The predicted molar refractivity (Wildman–Crippen MR) is 93.8 cm³/mol. The van der Waals surface area contributed by atoms with Crippen molar-refractivity contribution in [2.75, 3.05) is 40.3 Å². The normalized spacial score (nSPS) is 27.0. The minimum Gasteiger partial charge on any atom is -0.313 e. The molecule has 1 aliphatic rings. The highest BCUT2D eigenvalue weighted by atomic mass is 15.2. The summed E-state index contributed by atoms with van der Waals surface area (Å²) in [6, 6.07) is 1.42. The van der Waals surface area contributed by atoms with Crippen molar-refractivity contribution < 1.29 is 0 Å². The maximum Gasteiger partial charge on any atom is 0.0252 e. The van der Waals surface area contributed by atoms with Gasteiger partial charge in [0.1, 0.15) is 0 Å². The van der Waals surface area contributed by atoms with Crippen LogP contribution in [0.5, 0.6) is 0 Å². The monoisotopic (exact) mass is 297 g/mol. The van der Waals surface area contributed by atoms with E-state index in [2.05, 4.69) is 56.9 Å². The van der Waals surface area contributed by atoms with Gasteiger partial charge in [0.05, 0.1) is 0 Å². The second-order valence-electron chi connectivity index (χ2n) is 7.51. The Morgan fingerprint density at radius 2 is 1.81 bits per heavy atom. The van der Waals surface area contributed by atoms with Crippen LogP contribution in [0.4, 0.5) is 0 Å². The molecule has 1 saturated carbocycles. The molecule has 3 unspecified atom stereocenters. The highest BCUT2D eigenvalue weighted by Crippen LogP contribution is 2.30. The molecule has 126 valence electrons. The first-order chi connectivity index (χ1) is 9.97. The molecule has 3 heteroatoms. The Morgan fingerprint density at radius 1 is 1.10 bits per heavy atom. The van der Waals surface area contributed by atoms with Crippen LogP contribution in [-0.2, 0) is 0 Å². The second kappa shape index (κ2) is 9.81. The van der Waals surface area contributed by atoms with Crippen LogP contribution in [0.25, 0.3) is 0 Å². The summed E-state index contributed by atoms with van der Waals surface area (Å²) in [5.41, 5.74) is 0. The molecule has 1 rings (SSSR count). The molecule has 0 bridgehead atoms. The number of nitrogens with zero attached hydrogens (tertiary/aromatic N) is 2. The summed E-state index contributed by atoms with van der Waals surface area (Å²) in [6.45, 7) is 14.0. The Balaban J connectivity index is 2.75. The zero-order valence-corrected chi connectivity index (χ0v) is 15.4. The van der Waals surface area contributed by atoms with Gasteiger partial charge in [-0.3, -0.25) is 4.90 Å². The van der Waals surface area contributed by atoms with Crippen LogP contribution in [-0.4, -0.2) is 62.2 Å². The van der Waals surface area contributed by atoms with Gasteiger partial charge in [0.15, 0.2) is 0 Å². The van der Waals surface area contributed by atoms with E-state index in [1.54, 1.807) is 0 Å². The molecular weight excluding hydrogens is 258 g/mol. The maximum absolute atomic E-state index is 3.77. The average molecular weight is 298 g/mol. The molecule has 0 radical (unpaired) electrons. The summed E-state index contributed by atoms with van der Waals surface area (Å²) in [5.74, 6) is 1.68. The Morgan fingerprint density at radius 3 is 2.33 bits per heavy atom. The van der Waals surface area contributed by atoms with E-state index < -0.39 is 0 Å². The minimum atomic E-state index is 0.693. The van der Waals surface area contributed by atoms with Gasteiger partial charge < -0.3 is 10.2 Å². The van der Waals surface area contributed by atoms with Gasteiger partial charge in [0, 0.05) is 31.7 Å². The van der Waals surface area contributed by atoms with Gasteiger partial charge in [-0.15, -0.1) is 0 Å². The van der Waals surface area contributed by atoms with E-state index in [4.69, 9.17) is 0 Å². The first kappa shape index (κ1) is 18.9. The Hall–Kier alpha value is -0.120. The zero-order valence-electron chi connectivity index (χ0n) is 15.4. The van der Waals surface area contributed by atoms with Crippen LogP contribution < -0.4 is 5.32 Å². The fourth-order valence-electron chi connectivity index (χ4n) is 3.70. The first-order valence-electron chi connectivity index (χ1n) is 9.10. The summed E-state index contributed by atoms with van der Waals surface area (Å²) in [4.78, 5) is 5.09. The predicted octanol–water partition coefficient (Wildman–Crippen LogP) is 3.06. The highest BCUT2D eigenvalue weighted by Gasteiger charge is 2.33. The maximum atomic E-state index is 3.77. The van der Waals surface area contributed by atoms with Gasteiger partial charge in [-0.1, -0.05) is 34.1 Å². The van der Waals surface area contributed by atoms with Gasteiger partial charge in [-0.25, -0.2) is 0 Å². The van der Waals surface area contributed by atoms with Crippen molar-refractivity contribution in [3.05, 3.63) is 0 Å². The van der Waals surface area contributed by atoms with Crippen molar-refractivity contribution in [2.45, 2.75) is 65.5 Å². The molecule has 3 atom stereocenters. The molecule has 1 N–H and O–H groups in total. The van der Waals surface area contributed by atoms with Crippen molar-refractivity contribution in [1.29, 1.82) is 0 Å². The van der Waals surface area contributed by atoms with E-state index >= 15 is 0 Å². The molecule has 1 fully saturated rings. The van der Waals surface area contributed by atoms with Crippen molar-refractivity contribution in [3.8, 4) is 0 Å². The smallest absolute Gasteiger partial charge is 0.0252 e. The van der Waals surface area contributed by atoms with Crippen LogP contribution in [0.1, 0.15) is 53.4 Å². The van der Waals surface area contributed by atoms with Gasteiger partial charge in [-0.05, 0) is 51.7 Å². The topological polar surface area (TPSA) is 18.5 Å². The molecule has 1 aliphatic carbocycles. The fraction of sp³-hybridized carbons (Fsp3) is 1.00. The van der Waals surface area contributed by atoms with Crippen LogP contribution in [0.15, 0.2) is 0 Å². The summed E-state index contributed by atoms with van der Waals surface area (Å²) >= 11 is 0. The van der Waals surface area contributed by atoms with Gasteiger partial charge in [0.2, 0.25) is 0 Å². The largest absolute Gasteiger partial charge is 0.313 e. The third kappa shape index (κ3) is 6.66. The Labute approximate surface area is 133 Å². The molecule has 0 aromatic rings. The van der Waals surface area contributed by atoms with E-state index in [1.165, 1.54) is 45.3 Å². The lowest BCUT2D eigenvalue weighted by Gasteiger charge is -2.44. The van der Waals surface area contributed by atoms with E-state index in [1.807, 2.05) is 0 Å². The van der Waals surface area contributed by atoms with Gasteiger partial charge in [-0.2, -0.15) is 0 Å². The first-order valence-corrected chi connectivity index (χ1v) is 9.10. The molecule has 0 spiro atoms. The van der Waals surface area contributed by atoms with Gasteiger partial charge >= 0.3 is 0 Å². The fourth-order valence-corrected chi connectivity index (χ4v) is 3.70. The van der Waals surface area contributed by atoms with E-state index in [0.29, 0.717) is 6.04 Å². The molecule has 0 saturated heterocycles. The lowest BCUT2D eigenvalue weighted by atomic mass is 9.80. The number of nitrogens with one attached hydrogen (secondary N) is 1. The lowest BCUT2D eigenvalue weighted by Crippen LogP contribution is -2.55. The third-order valence-corrected chi connectivity index (χ3v) is 4.87. The molecule has 21 heavy (non-hydrogen) atoms. The summed E-state index contributed by atoms with van der Waals surface area (Å²) < 4.78 is 0. The Bertz CT molecular complexity index is 265. The molecule has 0 heterocycles. The third-order valence-electron chi connectivity index (χ3n) is 4.87. The number of hydrogen-bond acceptors (Lipinski definition) is 3. The molecule has 0 aromatic carbocycles. The van der Waals surface area contributed by atoms with Crippen molar-refractivity contribution in [1.82, 2.24) is 15.1 Å². The summed E-state index contributed by atoms with van der Waals surface area (Å²) in [5, 5.41) is 3.77. The SMILES string of the molecule is CCNC1CCC(CC)CC1N(CCN(C)C)CC(C)C. The van der Waals surface area contributed by atoms with E-state index in [-0.39, 0.29) is 0 Å². The summed E-state index contributed by atoms with van der Waals surface area (Å²) in [6.07, 6.45) is 5.49.